The van der Waals surface area contributed by atoms with Crippen LogP contribution in [0.5, 0.6) is 11.5 Å². The Morgan fingerprint density at radius 2 is 0.789 bits per heavy atom. The number of hydrogen-bond acceptors (Lipinski definition) is 1. The summed E-state index contributed by atoms with van der Waals surface area (Å²) >= 11 is 0. The molecule has 2 aliphatic rings. The quantitative estimate of drug-likeness (QED) is 0.243. The van der Waals surface area contributed by atoms with Gasteiger partial charge in [0.25, 0.3) is 0 Å². The van der Waals surface area contributed by atoms with Crippen molar-refractivity contribution in [3.05, 3.63) is 168 Å². The van der Waals surface area contributed by atoms with Crippen molar-refractivity contribution in [2.45, 2.75) is 5.41 Å². The third-order valence-corrected chi connectivity index (χ3v) is 8.17. The Labute approximate surface area is 222 Å². The molecule has 38 heavy (non-hydrogen) atoms. The van der Waals surface area contributed by atoms with E-state index in [0.717, 1.165) is 11.5 Å². The second-order valence-electron chi connectivity index (χ2n) is 10.1. The second kappa shape index (κ2) is 8.06. The Morgan fingerprint density at radius 3 is 1.37 bits per heavy atom. The molecule has 0 fully saturated rings. The van der Waals surface area contributed by atoms with E-state index >= 15 is 0 Å². The maximum Gasteiger partial charge on any atom is 0.127 e. The van der Waals surface area contributed by atoms with Crippen molar-refractivity contribution >= 4 is 0 Å². The van der Waals surface area contributed by atoms with Gasteiger partial charge in [0, 0.05) is 0 Å². The van der Waals surface area contributed by atoms with Gasteiger partial charge in [-0.2, -0.15) is 0 Å². The summed E-state index contributed by atoms with van der Waals surface area (Å²) in [7, 11) is 0. The fourth-order valence-electron chi connectivity index (χ4n) is 6.62. The lowest BCUT2D eigenvalue weighted by atomic mass is 9.70. The lowest BCUT2D eigenvalue weighted by Gasteiger charge is -2.30. The maximum atomic E-state index is 6.47. The van der Waals surface area contributed by atoms with E-state index in [-0.39, 0.29) is 5.41 Å². The molecular weight excluding hydrogens is 460 g/mol. The molecule has 1 nitrogen and oxygen atoms in total. The number of rotatable bonds is 3. The van der Waals surface area contributed by atoms with Gasteiger partial charge in [-0.05, 0) is 79.9 Å². The van der Waals surface area contributed by atoms with E-state index < -0.39 is 0 Å². The molecule has 1 spiro atoms. The third kappa shape index (κ3) is 2.87. The number of ether oxygens (including phenoxy) is 1. The van der Waals surface area contributed by atoms with Gasteiger partial charge >= 0.3 is 0 Å². The van der Waals surface area contributed by atoms with Crippen LogP contribution in [0, 0.1) is 0 Å². The van der Waals surface area contributed by atoms with Gasteiger partial charge in [0.1, 0.15) is 11.5 Å². The van der Waals surface area contributed by atoms with Gasteiger partial charge in [0.2, 0.25) is 0 Å². The van der Waals surface area contributed by atoms with Crippen LogP contribution in [0.4, 0.5) is 0 Å². The normalized spacial score (nSPS) is 13.5. The zero-order valence-corrected chi connectivity index (χ0v) is 20.8. The molecule has 0 N–H and O–H groups in total. The highest BCUT2D eigenvalue weighted by molar-refractivity contribution is 5.95. The van der Waals surface area contributed by atoms with E-state index in [4.69, 9.17) is 4.74 Å². The van der Waals surface area contributed by atoms with Crippen LogP contribution in [0.2, 0.25) is 0 Å². The van der Waals surface area contributed by atoms with Crippen molar-refractivity contribution in [2.75, 3.05) is 0 Å². The summed E-state index contributed by atoms with van der Waals surface area (Å²) in [5.41, 5.74) is 12.6. The van der Waals surface area contributed by atoms with E-state index in [2.05, 4.69) is 140 Å². The summed E-state index contributed by atoms with van der Waals surface area (Å²) in [6.45, 7) is 0. The van der Waals surface area contributed by atoms with Gasteiger partial charge < -0.3 is 4.74 Å². The number of fused-ring (bicyclic) bond motifs is 10. The van der Waals surface area contributed by atoms with Crippen LogP contribution in [-0.2, 0) is 5.41 Å². The van der Waals surface area contributed by atoms with Gasteiger partial charge in [-0.15, -0.1) is 0 Å². The molecule has 6 aromatic rings. The van der Waals surface area contributed by atoms with E-state index in [1.54, 1.807) is 0 Å². The molecule has 8 rings (SSSR count). The first-order valence-corrected chi connectivity index (χ1v) is 13.1. The average Bonchev–Trinajstić information content (AvgIpc) is 3.45. The Hall–Kier alpha value is -4.88. The van der Waals surface area contributed by atoms with Crippen molar-refractivity contribution in [2.24, 2.45) is 0 Å². The molecule has 2 aliphatic carbocycles. The summed E-state index contributed by atoms with van der Waals surface area (Å²) in [6.07, 6.45) is 0. The van der Waals surface area contributed by atoms with Gasteiger partial charge in [-0.1, -0.05) is 121 Å². The molecule has 0 bridgehead atoms. The highest BCUT2D eigenvalue weighted by Gasteiger charge is 2.51. The van der Waals surface area contributed by atoms with Gasteiger partial charge in [0.15, 0.2) is 0 Å². The fraction of sp³-hybridized carbons (Fsp3) is 0.0270. The van der Waals surface area contributed by atoms with Crippen molar-refractivity contribution < 1.29 is 4.74 Å². The predicted octanol–water partition coefficient (Wildman–Crippen LogP) is 9.49. The minimum Gasteiger partial charge on any atom is -0.457 e. The van der Waals surface area contributed by atoms with Gasteiger partial charge in [0.05, 0.1) is 5.41 Å². The molecule has 178 valence electrons. The van der Waals surface area contributed by atoms with E-state index in [1.165, 1.54) is 55.6 Å². The van der Waals surface area contributed by atoms with Crippen molar-refractivity contribution in [3.8, 4) is 44.9 Å². The summed E-state index contributed by atoms with van der Waals surface area (Å²) in [4.78, 5) is 0. The van der Waals surface area contributed by atoms with Crippen LogP contribution >= 0.6 is 0 Å². The minimum atomic E-state index is -0.352. The smallest absolute Gasteiger partial charge is 0.127 e. The Balaban J connectivity index is 1.28. The fourth-order valence-corrected chi connectivity index (χ4v) is 6.62. The molecule has 0 amide bonds. The van der Waals surface area contributed by atoms with E-state index in [0.29, 0.717) is 0 Å². The summed E-state index contributed by atoms with van der Waals surface area (Å²) in [5, 5.41) is 0. The minimum absolute atomic E-state index is 0.352. The predicted molar refractivity (Wildman–Crippen MR) is 155 cm³/mol. The Morgan fingerprint density at radius 1 is 0.342 bits per heavy atom. The standard InChI is InChI=1S/C37H24O/c1-2-10-25(11-3-1)26-18-20-27(21-19-26)38-28-22-23-32-31-14-6-9-17-35(31)37(36(32)24-28)33-15-7-4-12-29(33)30-13-5-8-16-34(30)37/h1-24H. The van der Waals surface area contributed by atoms with Crippen molar-refractivity contribution in [1.82, 2.24) is 0 Å². The molecule has 1 heteroatoms. The molecule has 0 saturated heterocycles. The molecular formula is C37H24O. The van der Waals surface area contributed by atoms with E-state index in [9.17, 15) is 0 Å². The largest absolute Gasteiger partial charge is 0.457 e. The zero-order valence-electron chi connectivity index (χ0n) is 20.8. The Bertz CT molecular complexity index is 1770. The van der Waals surface area contributed by atoms with Crippen LogP contribution < -0.4 is 4.74 Å². The van der Waals surface area contributed by atoms with Crippen molar-refractivity contribution in [1.29, 1.82) is 0 Å². The molecule has 6 aromatic carbocycles. The first-order chi connectivity index (χ1) is 18.8. The van der Waals surface area contributed by atoms with Gasteiger partial charge in [-0.25, -0.2) is 0 Å². The number of hydrogen-bond donors (Lipinski definition) is 0. The molecule has 0 aromatic heterocycles. The monoisotopic (exact) mass is 484 g/mol. The molecule has 0 aliphatic heterocycles. The van der Waals surface area contributed by atoms with Gasteiger partial charge in [-0.3, -0.25) is 0 Å². The van der Waals surface area contributed by atoms with Crippen LogP contribution in [0.1, 0.15) is 22.3 Å². The average molecular weight is 485 g/mol. The molecule has 0 saturated carbocycles. The zero-order chi connectivity index (χ0) is 25.1. The topological polar surface area (TPSA) is 9.23 Å². The summed E-state index contributed by atoms with van der Waals surface area (Å²) in [6, 6.07) is 52.0. The van der Waals surface area contributed by atoms with Crippen LogP contribution in [0.25, 0.3) is 33.4 Å². The van der Waals surface area contributed by atoms with Crippen LogP contribution in [0.15, 0.2) is 146 Å². The second-order valence-corrected chi connectivity index (χ2v) is 10.1. The molecule has 0 radical (unpaired) electrons. The lowest BCUT2D eigenvalue weighted by Crippen LogP contribution is -2.25. The lowest BCUT2D eigenvalue weighted by molar-refractivity contribution is 0.481. The van der Waals surface area contributed by atoms with Crippen LogP contribution in [-0.4, -0.2) is 0 Å². The SMILES string of the molecule is c1ccc(-c2ccc(Oc3ccc4c(c3)C3(c5ccccc5-c5ccccc53)c3ccccc3-4)cc2)cc1. The molecule has 0 atom stereocenters. The van der Waals surface area contributed by atoms with Crippen molar-refractivity contribution in [3.63, 3.8) is 0 Å². The maximum absolute atomic E-state index is 6.47. The molecule has 0 heterocycles. The third-order valence-electron chi connectivity index (χ3n) is 8.17. The summed E-state index contributed by atoms with van der Waals surface area (Å²) in [5.74, 6) is 1.69. The molecule has 0 unspecified atom stereocenters. The highest BCUT2D eigenvalue weighted by Crippen LogP contribution is 2.63. The first kappa shape index (κ1) is 21.2. The number of benzene rings is 6. The first-order valence-electron chi connectivity index (χ1n) is 13.1. The van der Waals surface area contributed by atoms with E-state index in [1.807, 2.05) is 6.07 Å². The van der Waals surface area contributed by atoms with Crippen LogP contribution in [0.3, 0.4) is 0 Å². The Kier molecular flexibility index (Phi) is 4.50. The summed E-state index contributed by atoms with van der Waals surface area (Å²) < 4.78 is 6.47. The highest BCUT2D eigenvalue weighted by atomic mass is 16.5.